The highest BCUT2D eigenvalue weighted by Crippen LogP contribution is 2.65. The number of fused-ring (bicyclic) bond motifs is 9. The van der Waals surface area contributed by atoms with Crippen LogP contribution in [0.25, 0.3) is 72.0 Å². The lowest BCUT2D eigenvalue weighted by Gasteiger charge is -2.47. The van der Waals surface area contributed by atoms with Crippen molar-refractivity contribution >= 4 is 55.9 Å². The molecule has 3 nitrogen and oxygen atoms in total. The highest BCUT2D eigenvalue weighted by atomic mass is 15.2. The zero-order valence-corrected chi connectivity index (χ0v) is 56.4. The van der Waals surface area contributed by atoms with Gasteiger partial charge in [0.25, 0.3) is 0 Å². The summed E-state index contributed by atoms with van der Waals surface area (Å²) in [5, 5.41) is 2.55. The van der Waals surface area contributed by atoms with Crippen LogP contribution in [0.2, 0.25) is 0 Å². The number of hydrogen-bond acceptors (Lipinski definition) is 2. The average molecular weight is 1240 g/mol. The molecule has 96 heavy (non-hydrogen) atoms. The molecule has 13 aromatic carbocycles. The summed E-state index contributed by atoms with van der Waals surface area (Å²) in [5.41, 5.74) is 34.0. The van der Waals surface area contributed by atoms with Crippen LogP contribution in [0.15, 0.2) is 291 Å². The number of anilines is 6. The van der Waals surface area contributed by atoms with Gasteiger partial charge in [0.1, 0.15) is 0 Å². The fourth-order valence-corrected chi connectivity index (χ4v) is 16.1. The Balaban J connectivity index is 1.03. The van der Waals surface area contributed by atoms with Gasteiger partial charge in [0, 0.05) is 56.1 Å². The van der Waals surface area contributed by atoms with Crippen molar-refractivity contribution in [3.8, 4) is 50.2 Å². The molecule has 3 heterocycles. The average Bonchev–Trinajstić information content (AvgIpc) is 0.751. The highest BCUT2D eigenvalue weighted by Gasteiger charge is 2.45. The number of para-hydroxylation sites is 2. The van der Waals surface area contributed by atoms with E-state index in [0.717, 1.165) is 51.4 Å². The van der Waals surface area contributed by atoms with E-state index in [1.54, 1.807) is 0 Å². The van der Waals surface area contributed by atoms with Crippen molar-refractivity contribution in [1.29, 1.82) is 0 Å². The minimum Gasteiger partial charge on any atom is -0.309 e. The molecule has 1 aromatic heterocycles. The molecule has 2 aliphatic heterocycles. The van der Waals surface area contributed by atoms with Crippen LogP contribution < -0.4 is 9.80 Å². The van der Waals surface area contributed by atoms with Crippen molar-refractivity contribution in [2.24, 2.45) is 0 Å². The molecular formula is C93H79N3. The van der Waals surface area contributed by atoms with Crippen LogP contribution in [0.3, 0.4) is 0 Å². The summed E-state index contributed by atoms with van der Waals surface area (Å²) in [5.74, 6) is -0.174. The quantitative estimate of drug-likeness (QED) is 0.150. The van der Waals surface area contributed by atoms with E-state index in [-0.39, 0.29) is 28.1 Å². The van der Waals surface area contributed by atoms with Gasteiger partial charge in [-0.1, -0.05) is 299 Å². The van der Waals surface area contributed by atoms with Gasteiger partial charge in [-0.15, -0.1) is 0 Å². The Hall–Kier alpha value is -10.7. The fourth-order valence-electron chi connectivity index (χ4n) is 16.1. The van der Waals surface area contributed by atoms with E-state index >= 15 is 0 Å². The van der Waals surface area contributed by atoms with E-state index in [4.69, 9.17) is 0 Å². The first kappa shape index (κ1) is 59.0. The Morgan fingerprint density at radius 2 is 0.677 bits per heavy atom. The van der Waals surface area contributed by atoms with Crippen LogP contribution in [0, 0.1) is 0 Å². The molecule has 0 bridgehead atoms. The molecule has 14 aromatic rings. The van der Waals surface area contributed by atoms with Crippen molar-refractivity contribution in [3.63, 3.8) is 0 Å². The Kier molecular flexibility index (Phi) is 13.8. The second-order valence-electron chi connectivity index (χ2n) is 30.0. The third-order valence-corrected chi connectivity index (χ3v) is 21.0. The topological polar surface area (TPSA) is 11.4 Å². The Labute approximate surface area is 566 Å². The van der Waals surface area contributed by atoms with Crippen molar-refractivity contribution in [2.45, 2.75) is 96.8 Å². The van der Waals surface area contributed by atoms with Gasteiger partial charge in [-0.25, -0.2) is 0 Å². The largest absolute Gasteiger partial charge is 0.309 e. The van der Waals surface area contributed by atoms with Crippen LogP contribution in [0.5, 0.6) is 0 Å². The van der Waals surface area contributed by atoms with Gasteiger partial charge in [-0.05, 0) is 155 Å². The molecule has 0 spiro atoms. The highest BCUT2D eigenvalue weighted by molar-refractivity contribution is 6.11. The number of rotatable bonds is 8. The van der Waals surface area contributed by atoms with E-state index < -0.39 is 0 Å². The first-order chi connectivity index (χ1) is 46.5. The molecule has 0 saturated carbocycles. The molecule has 0 amide bonds. The molecule has 0 saturated heterocycles. The summed E-state index contributed by atoms with van der Waals surface area (Å²) in [6.45, 7) is 21.2. The number of aromatic nitrogens is 1. The number of hydrogen-bond donors (Lipinski definition) is 0. The number of benzene rings is 13. The Morgan fingerprint density at radius 1 is 0.292 bits per heavy atom. The lowest BCUT2D eigenvalue weighted by molar-refractivity contribution is 0.589. The first-order valence-electron chi connectivity index (χ1n) is 34.3. The van der Waals surface area contributed by atoms with Gasteiger partial charge in [0.15, 0.2) is 0 Å². The van der Waals surface area contributed by atoms with Gasteiger partial charge in [-0.2, -0.15) is 0 Å². The molecule has 0 fully saturated rings. The molecule has 3 heteroatoms. The van der Waals surface area contributed by atoms with E-state index in [2.05, 4.69) is 368 Å². The van der Waals surface area contributed by atoms with Crippen LogP contribution >= 0.6 is 0 Å². The standard InChI is InChI=1S/C93H79N3/c1-91(2,3)66-45-50-80-78(54-66)79-55-67(92(4,5)6)46-51-81(79)94(80)69-47-49-77-83(58-69)96(90-74(61-32-18-12-19-33-61)42-27-43-75(90)62-34-20-13-21-35-62)85-57-68(93(7,8)9)56-84-88(85)87(77)76-48-44-65(86-70-38-24-22-36-63(70)52-64-37-23-25-39-71(64)86)53-82(76)95(84)89-72(59-28-14-10-15-29-59)40-26-41-73(89)60-30-16-11-17-31-60/h10-51,53-58,86-87H,52H2,1-9H3. The summed E-state index contributed by atoms with van der Waals surface area (Å²) >= 11 is 0. The van der Waals surface area contributed by atoms with Gasteiger partial charge in [0.05, 0.1) is 45.2 Å². The summed E-state index contributed by atoms with van der Waals surface area (Å²) in [7, 11) is 0. The maximum atomic E-state index is 2.73. The second-order valence-corrected chi connectivity index (χ2v) is 30.0. The van der Waals surface area contributed by atoms with Gasteiger partial charge >= 0.3 is 0 Å². The summed E-state index contributed by atoms with van der Waals surface area (Å²) in [4.78, 5) is 5.44. The van der Waals surface area contributed by atoms with Crippen molar-refractivity contribution < 1.29 is 0 Å². The van der Waals surface area contributed by atoms with Crippen molar-refractivity contribution in [3.05, 3.63) is 352 Å². The third-order valence-electron chi connectivity index (χ3n) is 21.0. The van der Waals surface area contributed by atoms with Crippen molar-refractivity contribution in [2.75, 3.05) is 9.80 Å². The summed E-state index contributed by atoms with van der Waals surface area (Å²) in [6.07, 6.45) is 0.914. The van der Waals surface area contributed by atoms with E-state index in [1.807, 2.05) is 0 Å². The SMILES string of the molecule is CC(C)(C)c1cc2c3c(c1)N(c1c(-c4ccccc4)cccc1-c1ccccc1)c1cc(-n4c5ccc(C(C)(C)C)cc5c5cc(C(C)(C)C)ccc54)ccc1C3c1ccc(C3c4ccccc4Cc4ccccc43)cc1N2c1c(-c2ccccc2)cccc1-c1ccccc1. The van der Waals surface area contributed by atoms with E-state index in [9.17, 15) is 0 Å². The second kappa shape index (κ2) is 22.5. The maximum Gasteiger partial charge on any atom is 0.0618 e. The normalized spacial score (nSPS) is 14.3. The molecule has 17 rings (SSSR count). The van der Waals surface area contributed by atoms with Crippen LogP contribution in [0.1, 0.15) is 135 Å². The minimum atomic E-state index is -0.290. The van der Waals surface area contributed by atoms with Gasteiger partial charge in [0.2, 0.25) is 0 Å². The Morgan fingerprint density at radius 3 is 1.09 bits per heavy atom. The predicted octanol–water partition coefficient (Wildman–Crippen LogP) is 25.2. The summed E-state index contributed by atoms with van der Waals surface area (Å²) < 4.78 is 2.56. The Bertz CT molecular complexity index is 5150. The fraction of sp³-hybridized carbons (Fsp3) is 0.161. The molecule has 0 radical (unpaired) electrons. The van der Waals surface area contributed by atoms with Crippen LogP contribution in [-0.4, -0.2) is 4.57 Å². The van der Waals surface area contributed by atoms with Crippen LogP contribution in [0.4, 0.5) is 34.1 Å². The third kappa shape index (κ3) is 9.68. The molecular weight excluding hydrogens is 1160 g/mol. The molecule has 1 aliphatic carbocycles. The van der Waals surface area contributed by atoms with Crippen molar-refractivity contribution in [1.82, 2.24) is 4.57 Å². The lowest BCUT2D eigenvalue weighted by atomic mass is 9.71. The molecule has 3 aliphatic rings. The summed E-state index contributed by atoms with van der Waals surface area (Å²) in [6, 6.07) is 111. The van der Waals surface area contributed by atoms with Gasteiger partial charge in [-0.3, -0.25) is 0 Å². The smallest absolute Gasteiger partial charge is 0.0618 e. The maximum absolute atomic E-state index is 2.73. The van der Waals surface area contributed by atoms with E-state index in [0.29, 0.717) is 0 Å². The molecule has 1 atom stereocenters. The van der Waals surface area contributed by atoms with E-state index in [1.165, 1.54) is 122 Å². The lowest BCUT2D eigenvalue weighted by Crippen LogP contribution is -2.31. The monoisotopic (exact) mass is 1240 g/mol. The predicted molar refractivity (Wildman–Crippen MR) is 406 cm³/mol. The molecule has 1 unspecified atom stereocenters. The zero-order valence-electron chi connectivity index (χ0n) is 56.4. The zero-order chi connectivity index (χ0) is 65.4. The van der Waals surface area contributed by atoms with Gasteiger partial charge < -0.3 is 14.4 Å². The first-order valence-corrected chi connectivity index (χ1v) is 34.3. The van der Waals surface area contributed by atoms with Crippen LogP contribution in [-0.2, 0) is 22.7 Å². The minimum absolute atomic E-state index is 0.0156. The molecule has 466 valence electrons. The number of nitrogens with zero attached hydrogens (tertiary/aromatic N) is 3. The molecule has 0 N–H and O–H groups in total.